The van der Waals surface area contributed by atoms with Gasteiger partial charge in [-0.1, -0.05) is 12.2 Å². The molecule has 0 amide bonds. The normalized spacial score (nSPS) is 35.5. The molecule has 0 aromatic heterocycles. The predicted octanol–water partition coefficient (Wildman–Crippen LogP) is 1.79. The van der Waals surface area contributed by atoms with E-state index >= 15 is 0 Å². The van der Waals surface area contributed by atoms with Crippen molar-refractivity contribution in [1.82, 2.24) is 0 Å². The number of hydrogen-bond acceptors (Lipinski definition) is 3. The van der Waals surface area contributed by atoms with Crippen LogP contribution in [-0.2, 0) is 14.2 Å². The maximum atomic E-state index is 5.39. The van der Waals surface area contributed by atoms with E-state index in [0.717, 1.165) is 6.42 Å². The third kappa shape index (κ3) is 1.31. The lowest BCUT2D eigenvalue weighted by Crippen LogP contribution is -2.45. The second kappa shape index (κ2) is 3.65. The summed E-state index contributed by atoms with van der Waals surface area (Å²) in [6, 6.07) is 0. The summed E-state index contributed by atoms with van der Waals surface area (Å²) in [4.78, 5) is 0. The van der Waals surface area contributed by atoms with E-state index in [1.165, 1.54) is 6.42 Å². The van der Waals surface area contributed by atoms with E-state index in [1.807, 2.05) is 0 Å². The SMILES string of the molecule is COC(OC)(OC)C1C[C@@H]2C=C[C@H]1C2. The Labute approximate surface area is 85.0 Å². The molecule has 2 aliphatic rings. The van der Waals surface area contributed by atoms with Crippen molar-refractivity contribution in [1.29, 1.82) is 0 Å². The Kier molecular flexibility index (Phi) is 2.64. The highest BCUT2D eigenvalue weighted by Crippen LogP contribution is 2.49. The Hall–Kier alpha value is -0.380. The summed E-state index contributed by atoms with van der Waals surface area (Å²) >= 11 is 0. The number of allylic oxidation sites excluding steroid dienone is 2. The molecule has 0 radical (unpaired) electrons. The van der Waals surface area contributed by atoms with Gasteiger partial charge in [0.05, 0.1) is 0 Å². The first-order valence-corrected chi connectivity index (χ1v) is 5.09. The van der Waals surface area contributed by atoms with E-state index < -0.39 is 5.97 Å². The predicted molar refractivity (Wildman–Crippen MR) is 52.6 cm³/mol. The van der Waals surface area contributed by atoms with Gasteiger partial charge in [-0.05, 0) is 24.7 Å². The molecule has 0 aromatic rings. The first-order chi connectivity index (χ1) is 6.75. The lowest BCUT2D eigenvalue weighted by atomic mass is 9.91. The number of fused-ring (bicyclic) bond motifs is 2. The molecule has 0 N–H and O–H groups in total. The van der Waals surface area contributed by atoms with Gasteiger partial charge < -0.3 is 14.2 Å². The van der Waals surface area contributed by atoms with Crippen molar-refractivity contribution < 1.29 is 14.2 Å². The molecule has 0 spiro atoms. The fourth-order valence-corrected chi connectivity index (χ4v) is 2.89. The Balaban J connectivity index is 2.16. The van der Waals surface area contributed by atoms with Crippen LogP contribution in [0.15, 0.2) is 12.2 Å². The zero-order valence-corrected chi connectivity index (χ0v) is 9.03. The maximum absolute atomic E-state index is 5.39. The Morgan fingerprint density at radius 3 is 2.00 bits per heavy atom. The molecule has 1 unspecified atom stereocenters. The lowest BCUT2D eigenvalue weighted by Gasteiger charge is -2.37. The average molecular weight is 198 g/mol. The van der Waals surface area contributed by atoms with Gasteiger partial charge >= 0.3 is 0 Å². The van der Waals surface area contributed by atoms with Crippen LogP contribution in [0.4, 0.5) is 0 Å². The van der Waals surface area contributed by atoms with Gasteiger partial charge in [0.15, 0.2) is 0 Å². The summed E-state index contributed by atoms with van der Waals surface area (Å²) < 4.78 is 16.2. The van der Waals surface area contributed by atoms with Crippen molar-refractivity contribution in [2.45, 2.75) is 18.8 Å². The van der Waals surface area contributed by atoms with Crippen molar-refractivity contribution >= 4 is 0 Å². The molecule has 80 valence electrons. The summed E-state index contributed by atoms with van der Waals surface area (Å²) in [6.07, 6.45) is 6.90. The molecular weight excluding hydrogens is 180 g/mol. The summed E-state index contributed by atoms with van der Waals surface area (Å²) in [5, 5.41) is 0. The molecule has 1 saturated carbocycles. The topological polar surface area (TPSA) is 27.7 Å². The van der Waals surface area contributed by atoms with Gasteiger partial charge in [-0.3, -0.25) is 0 Å². The minimum absolute atomic E-state index is 0.331. The summed E-state index contributed by atoms with van der Waals surface area (Å²) in [5.74, 6) is 0.742. The van der Waals surface area contributed by atoms with Gasteiger partial charge in [-0.15, -0.1) is 0 Å². The number of rotatable bonds is 4. The van der Waals surface area contributed by atoms with E-state index in [1.54, 1.807) is 21.3 Å². The smallest absolute Gasteiger partial charge is 0.285 e. The Bertz CT molecular complexity index is 224. The van der Waals surface area contributed by atoms with E-state index in [9.17, 15) is 0 Å². The highest BCUT2D eigenvalue weighted by atomic mass is 16.9. The molecular formula is C11H18O3. The molecule has 14 heavy (non-hydrogen) atoms. The molecule has 3 heteroatoms. The molecule has 2 aliphatic carbocycles. The van der Waals surface area contributed by atoms with Crippen LogP contribution in [0.1, 0.15) is 12.8 Å². The van der Waals surface area contributed by atoms with E-state index in [0.29, 0.717) is 17.8 Å². The third-order valence-electron chi connectivity index (χ3n) is 3.59. The maximum Gasteiger partial charge on any atom is 0.285 e. The van der Waals surface area contributed by atoms with Crippen molar-refractivity contribution in [3.8, 4) is 0 Å². The molecule has 0 aromatic carbocycles. The average Bonchev–Trinajstić information content (AvgIpc) is 2.83. The van der Waals surface area contributed by atoms with Crippen LogP contribution < -0.4 is 0 Å². The second-order valence-corrected chi connectivity index (χ2v) is 4.10. The molecule has 0 aliphatic heterocycles. The van der Waals surface area contributed by atoms with Crippen LogP contribution in [0.5, 0.6) is 0 Å². The lowest BCUT2D eigenvalue weighted by molar-refractivity contribution is -0.381. The Morgan fingerprint density at radius 2 is 1.64 bits per heavy atom. The van der Waals surface area contributed by atoms with Gasteiger partial charge in [0.25, 0.3) is 5.97 Å². The number of methoxy groups -OCH3 is 3. The summed E-state index contributed by atoms with van der Waals surface area (Å²) in [7, 11) is 4.92. The van der Waals surface area contributed by atoms with E-state index in [-0.39, 0.29) is 0 Å². The van der Waals surface area contributed by atoms with Crippen molar-refractivity contribution in [3.05, 3.63) is 12.2 Å². The summed E-state index contributed by atoms with van der Waals surface area (Å²) in [5.41, 5.74) is 0. The molecule has 3 atom stereocenters. The minimum atomic E-state index is -0.843. The first-order valence-electron chi connectivity index (χ1n) is 5.09. The monoisotopic (exact) mass is 198 g/mol. The highest BCUT2D eigenvalue weighted by molar-refractivity contribution is 5.11. The molecule has 2 bridgehead atoms. The van der Waals surface area contributed by atoms with Gasteiger partial charge in [0.1, 0.15) is 0 Å². The summed E-state index contributed by atoms with van der Waals surface area (Å²) in [6.45, 7) is 0. The van der Waals surface area contributed by atoms with Crippen LogP contribution in [0.3, 0.4) is 0 Å². The van der Waals surface area contributed by atoms with E-state index in [4.69, 9.17) is 14.2 Å². The van der Waals surface area contributed by atoms with E-state index in [2.05, 4.69) is 12.2 Å². The number of hydrogen-bond donors (Lipinski definition) is 0. The van der Waals surface area contributed by atoms with Gasteiger partial charge in [0.2, 0.25) is 0 Å². The molecule has 0 saturated heterocycles. The van der Waals surface area contributed by atoms with Crippen molar-refractivity contribution in [2.24, 2.45) is 17.8 Å². The van der Waals surface area contributed by atoms with Gasteiger partial charge in [0, 0.05) is 27.2 Å². The van der Waals surface area contributed by atoms with Crippen LogP contribution in [0.2, 0.25) is 0 Å². The van der Waals surface area contributed by atoms with Crippen LogP contribution in [-0.4, -0.2) is 27.3 Å². The van der Waals surface area contributed by atoms with Crippen LogP contribution in [0.25, 0.3) is 0 Å². The molecule has 1 fully saturated rings. The molecule has 3 nitrogen and oxygen atoms in total. The molecule has 0 heterocycles. The van der Waals surface area contributed by atoms with Crippen LogP contribution >= 0.6 is 0 Å². The number of ether oxygens (including phenoxy) is 3. The quantitative estimate of drug-likeness (QED) is 0.509. The van der Waals surface area contributed by atoms with Gasteiger partial charge in [-0.25, -0.2) is 0 Å². The standard InChI is InChI=1S/C11H18O3/c1-12-11(13-2,14-3)10-7-8-4-5-9(10)6-8/h4-5,8-10H,6-7H2,1-3H3/t8-,9+,10?/m1/s1. The van der Waals surface area contributed by atoms with Gasteiger partial charge in [-0.2, -0.15) is 0 Å². The molecule has 2 rings (SSSR count). The first kappa shape index (κ1) is 10.1. The Morgan fingerprint density at radius 1 is 1.00 bits per heavy atom. The van der Waals surface area contributed by atoms with Crippen molar-refractivity contribution in [3.63, 3.8) is 0 Å². The zero-order chi connectivity index (χ0) is 10.2. The zero-order valence-electron chi connectivity index (χ0n) is 9.03. The highest BCUT2D eigenvalue weighted by Gasteiger charge is 2.50. The fraction of sp³-hybridized carbons (Fsp3) is 0.818. The minimum Gasteiger partial charge on any atom is -0.331 e. The largest absolute Gasteiger partial charge is 0.331 e. The fourth-order valence-electron chi connectivity index (χ4n) is 2.89. The van der Waals surface area contributed by atoms with Crippen molar-refractivity contribution in [2.75, 3.05) is 21.3 Å². The second-order valence-electron chi connectivity index (χ2n) is 4.10. The van der Waals surface area contributed by atoms with Crippen LogP contribution in [0, 0.1) is 17.8 Å². The third-order valence-corrected chi connectivity index (χ3v) is 3.59.